The van der Waals surface area contributed by atoms with Gasteiger partial charge in [-0.15, -0.1) is 0 Å². The molecule has 5 nitrogen and oxygen atoms in total. The molecule has 0 aromatic heterocycles. The summed E-state index contributed by atoms with van der Waals surface area (Å²) >= 11 is 0. The van der Waals surface area contributed by atoms with Crippen molar-refractivity contribution in [3.05, 3.63) is 0 Å². The fourth-order valence-corrected chi connectivity index (χ4v) is 2.00. The van der Waals surface area contributed by atoms with E-state index in [0.717, 1.165) is 45.1 Å². The van der Waals surface area contributed by atoms with Crippen molar-refractivity contribution >= 4 is 17.6 Å². The zero-order valence-electron chi connectivity index (χ0n) is 14.4. The Hall–Kier alpha value is -1.39. The topological polar surface area (TPSA) is 75.3 Å². The van der Waals surface area contributed by atoms with Gasteiger partial charge in [-0.1, -0.05) is 39.5 Å². The molecule has 2 N–H and O–H groups in total. The van der Waals surface area contributed by atoms with E-state index < -0.39 is 0 Å². The highest BCUT2D eigenvalue weighted by Crippen LogP contribution is 2.08. The maximum Gasteiger partial charge on any atom is 0.220 e. The van der Waals surface area contributed by atoms with Gasteiger partial charge in [-0.3, -0.25) is 14.4 Å². The van der Waals surface area contributed by atoms with Gasteiger partial charge in [0.25, 0.3) is 0 Å². The summed E-state index contributed by atoms with van der Waals surface area (Å²) in [6.45, 7) is 6.52. The van der Waals surface area contributed by atoms with Crippen LogP contribution in [-0.4, -0.2) is 30.7 Å². The minimum atomic E-state index is -0.0444. The van der Waals surface area contributed by atoms with E-state index in [0.29, 0.717) is 18.8 Å². The summed E-state index contributed by atoms with van der Waals surface area (Å²) in [5.41, 5.74) is 0. The lowest BCUT2D eigenvalue weighted by Crippen LogP contribution is -2.27. The summed E-state index contributed by atoms with van der Waals surface area (Å²) in [6.07, 6.45) is 7.17. The van der Waals surface area contributed by atoms with Crippen molar-refractivity contribution in [2.24, 2.45) is 5.92 Å². The van der Waals surface area contributed by atoms with Crippen molar-refractivity contribution in [2.75, 3.05) is 13.1 Å². The molecule has 0 aromatic rings. The van der Waals surface area contributed by atoms with Gasteiger partial charge in [0.1, 0.15) is 5.78 Å². The third-order valence-electron chi connectivity index (χ3n) is 3.30. The van der Waals surface area contributed by atoms with Crippen LogP contribution < -0.4 is 10.6 Å². The van der Waals surface area contributed by atoms with Gasteiger partial charge in [-0.25, -0.2) is 0 Å². The molecular formula is C17H32N2O3. The third kappa shape index (κ3) is 15.0. The minimum absolute atomic E-state index is 0.0224. The van der Waals surface area contributed by atoms with Crippen LogP contribution >= 0.6 is 0 Å². The van der Waals surface area contributed by atoms with E-state index in [1.807, 2.05) is 0 Å². The first-order chi connectivity index (χ1) is 10.4. The summed E-state index contributed by atoms with van der Waals surface area (Å²) in [5.74, 6) is 0.579. The number of hydrogen-bond donors (Lipinski definition) is 2. The summed E-state index contributed by atoms with van der Waals surface area (Å²) in [5, 5.41) is 5.51. The van der Waals surface area contributed by atoms with Gasteiger partial charge >= 0.3 is 0 Å². The molecule has 0 radical (unpaired) electrons. The molecule has 0 atom stereocenters. The van der Waals surface area contributed by atoms with Gasteiger partial charge in [0.05, 0.1) is 6.54 Å². The number of amides is 2. The predicted octanol–water partition coefficient (Wildman–Crippen LogP) is 2.58. The highest BCUT2D eigenvalue weighted by atomic mass is 16.2. The predicted molar refractivity (Wildman–Crippen MR) is 88.5 cm³/mol. The Morgan fingerprint density at radius 3 is 1.68 bits per heavy atom. The molecule has 0 aromatic carbocycles. The molecular weight excluding hydrogens is 280 g/mol. The second-order valence-corrected chi connectivity index (χ2v) is 6.30. The van der Waals surface area contributed by atoms with Crippen LogP contribution in [0.5, 0.6) is 0 Å². The Labute approximate surface area is 134 Å². The molecule has 0 aliphatic heterocycles. The van der Waals surface area contributed by atoms with Crippen molar-refractivity contribution in [2.45, 2.75) is 72.1 Å². The maximum absolute atomic E-state index is 11.5. The molecule has 0 aliphatic carbocycles. The first-order valence-electron chi connectivity index (χ1n) is 8.44. The molecule has 5 heteroatoms. The van der Waals surface area contributed by atoms with Crippen LogP contribution in [0, 0.1) is 5.92 Å². The molecule has 0 unspecified atom stereocenters. The third-order valence-corrected chi connectivity index (χ3v) is 3.30. The first-order valence-corrected chi connectivity index (χ1v) is 8.44. The lowest BCUT2D eigenvalue weighted by atomic mass is 10.1. The van der Waals surface area contributed by atoms with E-state index >= 15 is 0 Å². The van der Waals surface area contributed by atoms with Crippen LogP contribution in [0.1, 0.15) is 72.1 Å². The molecule has 0 aliphatic rings. The molecule has 0 heterocycles. The number of ketones is 1. The number of carbonyl (C=O) groups excluding carboxylic acids is 3. The average Bonchev–Trinajstić information content (AvgIpc) is 2.45. The second kappa shape index (κ2) is 13.3. The molecule has 0 saturated heterocycles. The SMILES string of the molecule is CC(=O)CNC(=O)CCCCCCCCC(=O)NCC(C)C. The van der Waals surface area contributed by atoms with E-state index in [9.17, 15) is 14.4 Å². The summed E-state index contributed by atoms with van der Waals surface area (Å²) in [7, 11) is 0. The molecule has 128 valence electrons. The lowest BCUT2D eigenvalue weighted by Gasteiger charge is -2.07. The Kier molecular flexibility index (Phi) is 12.4. The fourth-order valence-electron chi connectivity index (χ4n) is 2.00. The molecule has 22 heavy (non-hydrogen) atoms. The smallest absolute Gasteiger partial charge is 0.220 e. The van der Waals surface area contributed by atoms with Gasteiger partial charge in [-0.05, 0) is 25.7 Å². The second-order valence-electron chi connectivity index (χ2n) is 6.30. The molecule has 2 amide bonds. The fraction of sp³-hybridized carbons (Fsp3) is 0.824. The monoisotopic (exact) mass is 312 g/mol. The van der Waals surface area contributed by atoms with Crippen LogP contribution in [0.3, 0.4) is 0 Å². The summed E-state index contributed by atoms with van der Waals surface area (Å²) in [6, 6.07) is 0. The van der Waals surface area contributed by atoms with Crippen LogP contribution in [0.4, 0.5) is 0 Å². The van der Waals surface area contributed by atoms with Gasteiger partial charge in [0.15, 0.2) is 0 Å². The number of hydrogen-bond acceptors (Lipinski definition) is 3. The van der Waals surface area contributed by atoms with E-state index in [2.05, 4.69) is 24.5 Å². The number of rotatable bonds is 13. The van der Waals surface area contributed by atoms with Crippen LogP contribution in [0.25, 0.3) is 0 Å². The Balaban J connectivity index is 3.31. The molecule has 0 bridgehead atoms. The Morgan fingerprint density at radius 2 is 1.23 bits per heavy atom. The van der Waals surface area contributed by atoms with E-state index in [-0.39, 0.29) is 24.1 Å². The maximum atomic E-state index is 11.5. The Bertz CT molecular complexity index is 341. The Morgan fingerprint density at radius 1 is 0.773 bits per heavy atom. The van der Waals surface area contributed by atoms with Crippen molar-refractivity contribution in [1.82, 2.24) is 10.6 Å². The van der Waals surface area contributed by atoms with Crippen molar-refractivity contribution in [3.63, 3.8) is 0 Å². The van der Waals surface area contributed by atoms with Gasteiger partial charge in [0.2, 0.25) is 11.8 Å². The summed E-state index contributed by atoms with van der Waals surface area (Å²) < 4.78 is 0. The summed E-state index contributed by atoms with van der Waals surface area (Å²) in [4.78, 5) is 33.6. The van der Waals surface area contributed by atoms with Crippen molar-refractivity contribution in [1.29, 1.82) is 0 Å². The van der Waals surface area contributed by atoms with E-state index in [1.54, 1.807) is 0 Å². The average molecular weight is 312 g/mol. The lowest BCUT2D eigenvalue weighted by molar-refractivity contribution is -0.124. The van der Waals surface area contributed by atoms with Crippen LogP contribution in [0.2, 0.25) is 0 Å². The van der Waals surface area contributed by atoms with E-state index in [4.69, 9.17) is 0 Å². The number of unbranched alkanes of at least 4 members (excludes halogenated alkanes) is 5. The van der Waals surface area contributed by atoms with Crippen LogP contribution in [0.15, 0.2) is 0 Å². The quantitative estimate of drug-likeness (QED) is 0.513. The number of Topliss-reactive ketones (excluding diaryl/α,β-unsaturated/α-hetero) is 1. The van der Waals surface area contributed by atoms with Crippen LogP contribution in [-0.2, 0) is 14.4 Å². The molecule has 0 saturated carbocycles. The normalized spacial score (nSPS) is 10.5. The molecule has 0 fully saturated rings. The van der Waals surface area contributed by atoms with Crippen molar-refractivity contribution < 1.29 is 14.4 Å². The minimum Gasteiger partial charge on any atom is -0.356 e. The number of nitrogens with one attached hydrogen (secondary N) is 2. The van der Waals surface area contributed by atoms with Gasteiger partial charge in [-0.2, -0.15) is 0 Å². The standard InChI is InChI=1S/C17H32N2O3/c1-14(2)12-18-16(21)10-8-6-4-5-7-9-11-17(22)19-13-15(3)20/h14H,4-13H2,1-3H3,(H,18,21)(H,19,22). The van der Waals surface area contributed by atoms with Gasteiger partial charge < -0.3 is 10.6 Å². The largest absolute Gasteiger partial charge is 0.356 e. The van der Waals surface area contributed by atoms with E-state index in [1.165, 1.54) is 6.92 Å². The number of carbonyl (C=O) groups is 3. The van der Waals surface area contributed by atoms with Crippen molar-refractivity contribution in [3.8, 4) is 0 Å². The first kappa shape index (κ1) is 20.6. The zero-order chi connectivity index (χ0) is 16.8. The molecule has 0 spiro atoms. The highest BCUT2D eigenvalue weighted by molar-refractivity contribution is 5.84. The molecule has 0 rings (SSSR count). The highest BCUT2D eigenvalue weighted by Gasteiger charge is 2.03. The van der Waals surface area contributed by atoms with Gasteiger partial charge in [0, 0.05) is 19.4 Å². The zero-order valence-corrected chi connectivity index (χ0v) is 14.4.